The summed E-state index contributed by atoms with van der Waals surface area (Å²) in [6, 6.07) is -0.384. The summed E-state index contributed by atoms with van der Waals surface area (Å²) in [7, 11) is 1.53. The number of aryl methyl sites for hydroxylation is 1. The number of aliphatic carboxylic acids is 1. The van der Waals surface area contributed by atoms with Crippen molar-refractivity contribution in [1.29, 1.82) is 0 Å². The second kappa shape index (κ2) is 6.14. The van der Waals surface area contributed by atoms with Crippen LogP contribution in [0.1, 0.15) is 18.4 Å². The lowest BCUT2D eigenvalue weighted by Crippen LogP contribution is -2.33. The summed E-state index contributed by atoms with van der Waals surface area (Å²) in [5.41, 5.74) is 0. The van der Waals surface area contributed by atoms with Gasteiger partial charge in [-0.3, -0.25) is 10.1 Å². The molecule has 0 aromatic carbocycles. The molecule has 0 aliphatic heterocycles. The van der Waals surface area contributed by atoms with Crippen molar-refractivity contribution in [2.75, 3.05) is 18.9 Å². The minimum atomic E-state index is -0.936. The van der Waals surface area contributed by atoms with Crippen molar-refractivity contribution in [3.8, 4) is 0 Å². The highest BCUT2D eigenvalue weighted by molar-refractivity contribution is 7.15. The van der Waals surface area contributed by atoms with Gasteiger partial charge >= 0.3 is 12.0 Å². The largest absolute Gasteiger partial charge is 0.481 e. The molecule has 1 aromatic heterocycles. The van der Waals surface area contributed by atoms with E-state index < -0.39 is 5.97 Å². The maximum absolute atomic E-state index is 11.6. The molecule has 0 fully saturated rings. The van der Waals surface area contributed by atoms with E-state index in [4.69, 9.17) is 5.11 Å². The van der Waals surface area contributed by atoms with E-state index in [2.05, 4.69) is 15.5 Å². The molecule has 0 aliphatic carbocycles. The molecular weight excluding hydrogens is 244 g/mol. The molecule has 1 heterocycles. The van der Waals surface area contributed by atoms with Gasteiger partial charge in [0.2, 0.25) is 5.13 Å². The highest BCUT2D eigenvalue weighted by atomic mass is 32.1. The number of carbonyl (C=O) groups excluding carboxylic acids is 1. The Morgan fingerprint density at radius 2 is 2.18 bits per heavy atom. The molecule has 7 nitrogen and oxygen atoms in total. The molecule has 0 saturated carbocycles. The monoisotopic (exact) mass is 258 g/mol. The van der Waals surface area contributed by atoms with Gasteiger partial charge in [-0.05, 0) is 6.42 Å². The number of carbonyl (C=O) groups is 2. The Balaban J connectivity index is 2.45. The van der Waals surface area contributed by atoms with Gasteiger partial charge in [0.05, 0.1) is 6.42 Å². The van der Waals surface area contributed by atoms with Crippen LogP contribution in [0.25, 0.3) is 0 Å². The van der Waals surface area contributed by atoms with E-state index in [0.717, 1.165) is 11.4 Å². The SMILES string of the molecule is CCc1nnc(NC(=O)N(C)CCC(=O)O)s1. The van der Waals surface area contributed by atoms with Gasteiger partial charge in [0.25, 0.3) is 0 Å². The topological polar surface area (TPSA) is 95.4 Å². The van der Waals surface area contributed by atoms with Crippen LogP contribution in [0.5, 0.6) is 0 Å². The molecule has 1 rings (SSSR count). The fourth-order valence-corrected chi connectivity index (χ4v) is 1.67. The number of carboxylic acids is 1. The molecule has 2 amide bonds. The van der Waals surface area contributed by atoms with Gasteiger partial charge < -0.3 is 10.0 Å². The summed E-state index contributed by atoms with van der Waals surface area (Å²) in [6.07, 6.45) is 0.683. The van der Waals surface area contributed by atoms with Crippen LogP contribution in [0.3, 0.4) is 0 Å². The van der Waals surface area contributed by atoms with Gasteiger partial charge in [0, 0.05) is 13.6 Å². The van der Waals surface area contributed by atoms with E-state index in [-0.39, 0.29) is 19.0 Å². The predicted octanol–water partition coefficient (Wildman–Crippen LogP) is 1.04. The molecule has 8 heteroatoms. The summed E-state index contributed by atoms with van der Waals surface area (Å²) < 4.78 is 0. The molecule has 17 heavy (non-hydrogen) atoms. The van der Waals surface area contributed by atoms with Crippen LogP contribution in [0.15, 0.2) is 0 Å². The predicted molar refractivity (Wildman–Crippen MR) is 63.2 cm³/mol. The molecule has 1 aromatic rings. The third-order valence-electron chi connectivity index (χ3n) is 1.99. The van der Waals surface area contributed by atoms with E-state index >= 15 is 0 Å². The first kappa shape index (κ1) is 13.4. The van der Waals surface area contributed by atoms with Crippen LogP contribution in [-0.4, -0.2) is 45.8 Å². The molecule has 0 bridgehead atoms. The molecule has 0 saturated heterocycles. The summed E-state index contributed by atoms with van der Waals surface area (Å²) in [6.45, 7) is 2.10. The van der Waals surface area contributed by atoms with Crippen molar-refractivity contribution >= 4 is 28.5 Å². The van der Waals surface area contributed by atoms with Gasteiger partial charge in [0.1, 0.15) is 5.01 Å². The Hall–Kier alpha value is -1.70. The summed E-state index contributed by atoms with van der Waals surface area (Å²) in [5.74, 6) is -0.936. The molecule has 0 atom stereocenters. The number of nitrogens with zero attached hydrogens (tertiary/aromatic N) is 3. The first-order chi connectivity index (χ1) is 8.02. The van der Waals surface area contributed by atoms with E-state index in [1.165, 1.54) is 23.3 Å². The highest BCUT2D eigenvalue weighted by Crippen LogP contribution is 2.15. The minimum Gasteiger partial charge on any atom is -0.481 e. The van der Waals surface area contributed by atoms with Crippen molar-refractivity contribution < 1.29 is 14.7 Å². The van der Waals surface area contributed by atoms with Crippen molar-refractivity contribution in [3.63, 3.8) is 0 Å². The van der Waals surface area contributed by atoms with Crippen LogP contribution < -0.4 is 5.32 Å². The lowest BCUT2D eigenvalue weighted by Gasteiger charge is -2.15. The Kier molecular flexibility index (Phi) is 4.83. The van der Waals surface area contributed by atoms with E-state index in [1.54, 1.807) is 0 Å². The quantitative estimate of drug-likeness (QED) is 0.822. The molecule has 0 aliphatic rings. The number of hydrogen-bond donors (Lipinski definition) is 2. The average molecular weight is 258 g/mol. The smallest absolute Gasteiger partial charge is 0.323 e. The van der Waals surface area contributed by atoms with Crippen LogP contribution >= 0.6 is 11.3 Å². The zero-order valence-electron chi connectivity index (χ0n) is 9.63. The number of aromatic nitrogens is 2. The number of nitrogens with one attached hydrogen (secondary N) is 1. The molecular formula is C9H14N4O3S. The molecule has 94 valence electrons. The first-order valence-electron chi connectivity index (χ1n) is 5.09. The zero-order valence-corrected chi connectivity index (χ0v) is 10.5. The summed E-state index contributed by atoms with van der Waals surface area (Å²) in [4.78, 5) is 23.2. The normalized spacial score (nSPS) is 10.0. The molecule has 0 radical (unpaired) electrons. The van der Waals surface area contributed by atoms with Gasteiger partial charge in [-0.15, -0.1) is 10.2 Å². The Labute approximate surface area is 102 Å². The van der Waals surface area contributed by atoms with Crippen molar-refractivity contribution in [2.24, 2.45) is 0 Å². The van der Waals surface area contributed by atoms with E-state index in [0.29, 0.717) is 5.13 Å². The first-order valence-corrected chi connectivity index (χ1v) is 5.91. The standard InChI is InChI=1S/C9H14N4O3S/c1-3-6-11-12-8(17-6)10-9(16)13(2)5-4-7(14)15/h3-5H2,1-2H3,(H,14,15)(H,10,12,16). The fraction of sp³-hybridized carbons (Fsp3) is 0.556. The lowest BCUT2D eigenvalue weighted by atomic mass is 10.4. The lowest BCUT2D eigenvalue weighted by molar-refractivity contribution is -0.137. The average Bonchev–Trinajstić information content (AvgIpc) is 2.73. The number of rotatable bonds is 5. The number of carboxylic acid groups (broad SMARTS) is 1. The van der Waals surface area contributed by atoms with Crippen LogP contribution in [0.4, 0.5) is 9.93 Å². The molecule has 0 spiro atoms. The van der Waals surface area contributed by atoms with Crippen LogP contribution in [0.2, 0.25) is 0 Å². The Bertz CT molecular complexity index is 407. The van der Waals surface area contributed by atoms with Gasteiger partial charge in [-0.1, -0.05) is 18.3 Å². The third kappa shape index (κ3) is 4.35. The van der Waals surface area contributed by atoms with Crippen LogP contribution in [0, 0.1) is 0 Å². The van der Waals surface area contributed by atoms with Crippen molar-refractivity contribution in [2.45, 2.75) is 19.8 Å². The number of anilines is 1. The van der Waals surface area contributed by atoms with Gasteiger partial charge in [-0.2, -0.15) is 0 Å². The maximum atomic E-state index is 11.6. The maximum Gasteiger partial charge on any atom is 0.323 e. The summed E-state index contributed by atoms with van der Waals surface area (Å²) in [5, 5.41) is 20.0. The zero-order chi connectivity index (χ0) is 12.8. The second-order valence-corrected chi connectivity index (χ2v) is 4.41. The fourth-order valence-electron chi connectivity index (χ4n) is 0.999. The van der Waals surface area contributed by atoms with Crippen LogP contribution in [-0.2, 0) is 11.2 Å². The molecule has 0 unspecified atom stereocenters. The Morgan fingerprint density at radius 1 is 1.47 bits per heavy atom. The summed E-state index contributed by atoms with van der Waals surface area (Å²) >= 11 is 1.31. The van der Waals surface area contributed by atoms with E-state index in [1.807, 2.05) is 6.92 Å². The minimum absolute atomic E-state index is 0.0831. The second-order valence-electron chi connectivity index (χ2n) is 3.35. The number of hydrogen-bond acceptors (Lipinski definition) is 5. The van der Waals surface area contributed by atoms with Crippen molar-refractivity contribution in [1.82, 2.24) is 15.1 Å². The van der Waals surface area contributed by atoms with E-state index in [9.17, 15) is 9.59 Å². The number of urea groups is 1. The Morgan fingerprint density at radius 3 is 2.71 bits per heavy atom. The van der Waals surface area contributed by atoms with Gasteiger partial charge in [0.15, 0.2) is 0 Å². The van der Waals surface area contributed by atoms with Crippen molar-refractivity contribution in [3.05, 3.63) is 5.01 Å². The molecule has 2 N–H and O–H groups in total. The highest BCUT2D eigenvalue weighted by Gasteiger charge is 2.12. The third-order valence-corrected chi connectivity index (χ3v) is 2.97. The van der Waals surface area contributed by atoms with Gasteiger partial charge in [-0.25, -0.2) is 4.79 Å². The number of amides is 2.